The summed E-state index contributed by atoms with van der Waals surface area (Å²) < 4.78 is 12.3. The van der Waals surface area contributed by atoms with E-state index in [-0.39, 0.29) is 5.91 Å². The fraction of sp³-hybridized carbons (Fsp3) is 0.778. The predicted molar refractivity (Wildman–Crippen MR) is 98.9 cm³/mol. The molecular formula is C18H28N2O2S2. The highest BCUT2D eigenvalue weighted by molar-refractivity contribution is 7.87. The van der Waals surface area contributed by atoms with Crippen LogP contribution in [0.25, 0.3) is 0 Å². The van der Waals surface area contributed by atoms with Crippen molar-refractivity contribution in [1.82, 2.24) is 10.3 Å². The van der Waals surface area contributed by atoms with Crippen LogP contribution < -0.4 is 5.32 Å². The Morgan fingerprint density at radius 2 is 1.96 bits per heavy atom. The van der Waals surface area contributed by atoms with Gasteiger partial charge in [-0.2, -0.15) is 0 Å². The molecule has 0 aromatic carbocycles. The van der Waals surface area contributed by atoms with E-state index in [1.54, 1.807) is 6.20 Å². The third-order valence-corrected chi connectivity index (χ3v) is 8.73. The molecule has 0 aliphatic heterocycles. The molecule has 24 heavy (non-hydrogen) atoms. The summed E-state index contributed by atoms with van der Waals surface area (Å²) in [6.45, 7) is 5.03. The van der Waals surface area contributed by atoms with Crippen molar-refractivity contribution < 1.29 is 9.00 Å². The van der Waals surface area contributed by atoms with Crippen molar-refractivity contribution in [1.29, 1.82) is 0 Å². The van der Waals surface area contributed by atoms with Crippen molar-refractivity contribution in [2.24, 2.45) is 10.8 Å². The molecule has 4 nitrogen and oxygen atoms in total. The summed E-state index contributed by atoms with van der Waals surface area (Å²) in [4.78, 5) is 16.8. The van der Waals surface area contributed by atoms with Gasteiger partial charge in [-0.3, -0.25) is 9.00 Å². The maximum absolute atomic E-state index is 12.2. The number of nitrogens with one attached hydrogen (secondary N) is 1. The van der Waals surface area contributed by atoms with E-state index < -0.39 is 10.8 Å². The van der Waals surface area contributed by atoms with Crippen LogP contribution in [0.4, 0.5) is 0 Å². The molecule has 3 saturated carbocycles. The van der Waals surface area contributed by atoms with Gasteiger partial charge in [0, 0.05) is 12.3 Å². The molecule has 2 bridgehead atoms. The zero-order valence-electron chi connectivity index (χ0n) is 14.7. The van der Waals surface area contributed by atoms with Crippen LogP contribution in [0.3, 0.4) is 0 Å². The van der Waals surface area contributed by atoms with Gasteiger partial charge in [0.1, 0.15) is 4.88 Å². The van der Waals surface area contributed by atoms with E-state index >= 15 is 0 Å². The minimum atomic E-state index is -1.08. The number of fused-ring (bicyclic) bond motifs is 3. The Bertz CT molecular complexity index is 602. The molecule has 0 radical (unpaired) electrons. The Morgan fingerprint density at radius 1 is 1.29 bits per heavy atom. The molecule has 3 fully saturated rings. The standard InChI is InChI=1S/C18H28N2O2S2/c1-3-24(22)16-20-13-14(23-16)15(21)19-12-4-5-18-9-6-17(2,7-10-18)8-11-18/h13H,3-12H2,1-2H3,(H,19,21). The molecule has 1 atom stereocenters. The first-order chi connectivity index (χ1) is 11.5. The molecule has 6 heteroatoms. The van der Waals surface area contributed by atoms with Crippen LogP contribution >= 0.6 is 11.3 Å². The molecule has 1 unspecified atom stereocenters. The number of hydrogen-bond acceptors (Lipinski definition) is 4. The number of nitrogens with zero attached hydrogens (tertiary/aromatic N) is 1. The number of rotatable bonds is 7. The highest BCUT2D eigenvalue weighted by Gasteiger charge is 2.45. The van der Waals surface area contributed by atoms with E-state index in [2.05, 4.69) is 17.2 Å². The Balaban J connectivity index is 1.43. The number of carbonyl (C=O) groups excluding carboxylic acids is 1. The average molecular weight is 369 g/mol. The number of aromatic nitrogens is 1. The highest BCUT2D eigenvalue weighted by Crippen LogP contribution is 2.58. The third-order valence-electron chi connectivity index (χ3n) is 6.11. The van der Waals surface area contributed by atoms with Gasteiger partial charge in [0.05, 0.1) is 17.0 Å². The quantitative estimate of drug-likeness (QED) is 0.736. The van der Waals surface area contributed by atoms with Gasteiger partial charge >= 0.3 is 0 Å². The summed E-state index contributed by atoms with van der Waals surface area (Å²) in [5.74, 6) is 0.458. The Labute approximate surface area is 151 Å². The fourth-order valence-electron chi connectivity index (χ4n) is 4.17. The number of amides is 1. The lowest BCUT2D eigenvalue weighted by atomic mass is 9.53. The lowest BCUT2D eigenvalue weighted by molar-refractivity contribution is -0.00360. The lowest BCUT2D eigenvalue weighted by Gasteiger charge is -2.52. The summed E-state index contributed by atoms with van der Waals surface area (Å²) in [5.41, 5.74) is 1.18. The van der Waals surface area contributed by atoms with Crippen LogP contribution in [0, 0.1) is 10.8 Å². The largest absolute Gasteiger partial charge is 0.351 e. The summed E-state index contributed by atoms with van der Waals surface area (Å²) in [6.07, 6.45) is 12.1. The molecule has 1 N–H and O–H groups in total. The minimum absolute atomic E-state index is 0.0794. The predicted octanol–water partition coefficient (Wildman–Crippen LogP) is 4.14. The average Bonchev–Trinajstić information content (AvgIpc) is 3.09. The van der Waals surface area contributed by atoms with Crippen molar-refractivity contribution in [2.45, 2.75) is 69.6 Å². The summed E-state index contributed by atoms with van der Waals surface area (Å²) >= 11 is 1.25. The maximum atomic E-state index is 12.2. The second-order valence-corrected chi connectivity index (χ2v) is 10.7. The zero-order valence-corrected chi connectivity index (χ0v) is 16.4. The molecule has 3 aliphatic carbocycles. The molecule has 4 rings (SSSR count). The minimum Gasteiger partial charge on any atom is -0.351 e. The maximum Gasteiger partial charge on any atom is 0.263 e. The van der Waals surface area contributed by atoms with Crippen LogP contribution in [-0.4, -0.2) is 27.4 Å². The second kappa shape index (κ2) is 7.24. The van der Waals surface area contributed by atoms with E-state index in [1.807, 2.05) is 6.92 Å². The monoisotopic (exact) mass is 368 g/mol. The normalized spacial score (nSPS) is 30.2. The van der Waals surface area contributed by atoms with Gasteiger partial charge in [0.15, 0.2) is 4.34 Å². The first kappa shape index (κ1) is 18.1. The van der Waals surface area contributed by atoms with Crippen molar-refractivity contribution >= 4 is 28.0 Å². The smallest absolute Gasteiger partial charge is 0.263 e. The summed E-state index contributed by atoms with van der Waals surface area (Å²) in [7, 11) is -1.08. The van der Waals surface area contributed by atoms with Crippen LogP contribution in [0.2, 0.25) is 0 Å². The van der Waals surface area contributed by atoms with Crippen molar-refractivity contribution in [2.75, 3.05) is 12.3 Å². The van der Waals surface area contributed by atoms with Gasteiger partial charge in [-0.25, -0.2) is 4.98 Å². The zero-order chi connectivity index (χ0) is 17.2. The summed E-state index contributed by atoms with van der Waals surface area (Å²) in [5, 5.41) is 3.00. The highest BCUT2D eigenvalue weighted by atomic mass is 32.2. The van der Waals surface area contributed by atoms with Gasteiger partial charge < -0.3 is 5.32 Å². The molecule has 1 aromatic heterocycles. The molecule has 1 amide bonds. The van der Waals surface area contributed by atoms with E-state index in [0.29, 0.717) is 25.8 Å². The molecular weight excluding hydrogens is 340 g/mol. The van der Waals surface area contributed by atoms with Crippen LogP contribution in [0.1, 0.15) is 74.9 Å². The van der Waals surface area contributed by atoms with Crippen molar-refractivity contribution in [3.63, 3.8) is 0 Å². The van der Waals surface area contributed by atoms with Gasteiger partial charge in [-0.15, -0.1) is 11.3 Å². The fourth-order valence-corrected chi connectivity index (χ4v) is 6.15. The van der Waals surface area contributed by atoms with Gasteiger partial charge in [0.2, 0.25) is 0 Å². The van der Waals surface area contributed by atoms with Crippen LogP contribution in [-0.2, 0) is 10.8 Å². The number of hydrogen-bond donors (Lipinski definition) is 1. The van der Waals surface area contributed by atoms with Crippen molar-refractivity contribution in [3.8, 4) is 0 Å². The van der Waals surface area contributed by atoms with Gasteiger partial charge in [-0.1, -0.05) is 13.8 Å². The molecule has 1 aromatic rings. The molecule has 1 heterocycles. The number of carbonyl (C=O) groups is 1. The van der Waals surface area contributed by atoms with Crippen molar-refractivity contribution in [3.05, 3.63) is 11.1 Å². The molecule has 0 spiro atoms. The third kappa shape index (κ3) is 3.90. The van der Waals surface area contributed by atoms with Crippen LogP contribution in [0.5, 0.6) is 0 Å². The SMILES string of the molecule is CCS(=O)c1ncc(C(=O)NCCCC23CCC(C)(CC2)CC3)s1. The lowest BCUT2D eigenvalue weighted by Crippen LogP contribution is -2.40. The van der Waals surface area contributed by atoms with E-state index in [1.165, 1.54) is 56.3 Å². The Hall–Kier alpha value is -0.750. The Kier molecular flexibility index (Phi) is 5.45. The van der Waals surface area contributed by atoms with Crippen LogP contribution in [0.15, 0.2) is 10.5 Å². The molecule has 0 saturated heterocycles. The molecule has 134 valence electrons. The summed E-state index contributed by atoms with van der Waals surface area (Å²) in [6, 6.07) is 0. The second-order valence-electron chi connectivity index (χ2n) is 7.79. The first-order valence-corrected chi connectivity index (χ1v) is 11.2. The van der Waals surface area contributed by atoms with Gasteiger partial charge in [-0.05, 0) is 62.2 Å². The van der Waals surface area contributed by atoms with Gasteiger partial charge in [0.25, 0.3) is 5.91 Å². The number of thiazole rings is 1. The topological polar surface area (TPSA) is 59.1 Å². The van der Waals surface area contributed by atoms with E-state index in [9.17, 15) is 9.00 Å². The van der Waals surface area contributed by atoms with E-state index in [4.69, 9.17) is 0 Å². The Morgan fingerprint density at radius 3 is 2.58 bits per heavy atom. The first-order valence-electron chi connectivity index (χ1n) is 9.08. The van der Waals surface area contributed by atoms with E-state index in [0.717, 1.165) is 13.0 Å². The molecule has 3 aliphatic rings.